The average Bonchev–Trinajstić information content (AvgIpc) is 2.16. The summed E-state index contributed by atoms with van der Waals surface area (Å²) in [5.41, 5.74) is 7.46. The summed E-state index contributed by atoms with van der Waals surface area (Å²) in [5.74, 6) is 0.424. The van der Waals surface area contributed by atoms with E-state index < -0.39 is 0 Å². The fraction of sp³-hybridized carbons (Fsp3) is 0.500. The molecule has 0 fully saturated rings. The largest absolute Gasteiger partial charge is 0.398 e. The first-order chi connectivity index (χ1) is 6.16. The lowest BCUT2D eigenvalue weighted by Crippen LogP contribution is -2.05. The van der Waals surface area contributed by atoms with Crippen molar-refractivity contribution in [1.29, 1.82) is 0 Å². The Hall–Kier alpha value is -0.760. The van der Waals surface area contributed by atoms with E-state index >= 15 is 0 Å². The molecule has 0 saturated heterocycles. The van der Waals surface area contributed by atoms with E-state index in [-0.39, 0.29) is 5.38 Å². The van der Waals surface area contributed by atoms with E-state index in [1.165, 1.54) is 0 Å². The number of nitrogens with two attached hydrogens (primary N) is 1. The van der Waals surface area contributed by atoms with Gasteiger partial charge in [-0.3, -0.25) is 4.98 Å². The summed E-state index contributed by atoms with van der Waals surface area (Å²) in [6, 6.07) is 1.78. The normalized spacial score (nSPS) is 15.3. The molecule has 0 radical (unpaired) electrons. The maximum absolute atomic E-state index is 6.24. The van der Waals surface area contributed by atoms with Gasteiger partial charge in [0.1, 0.15) is 0 Å². The molecular weight excluding hydrogens is 184 g/mol. The van der Waals surface area contributed by atoms with Crippen molar-refractivity contribution >= 4 is 17.3 Å². The Bertz CT molecular complexity index is 275. The second kappa shape index (κ2) is 4.47. The number of nitrogens with zero attached hydrogens (tertiary/aromatic N) is 1. The first kappa shape index (κ1) is 10.3. The van der Waals surface area contributed by atoms with Crippen LogP contribution in [-0.2, 0) is 0 Å². The van der Waals surface area contributed by atoms with E-state index in [1.807, 2.05) is 0 Å². The Morgan fingerprint density at radius 2 is 2.31 bits per heavy atom. The molecule has 13 heavy (non-hydrogen) atoms. The summed E-state index contributed by atoms with van der Waals surface area (Å²) >= 11 is 6.24. The number of pyridine rings is 1. The molecule has 1 aromatic rings. The Kier molecular flexibility index (Phi) is 3.55. The number of anilines is 1. The number of rotatable bonds is 3. The zero-order chi connectivity index (χ0) is 9.84. The minimum absolute atomic E-state index is 0.0290. The van der Waals surface area contributed by atoms with E-state index in [9.17, 15) is 0 Å². The Morgan fingerprint density at radius 3 is 2.85 bits per heavy atom. The topological polar surface area (TPSA) is 38.9 Å². The lowest BCUT2D eigenvalue weighted by molar-refractivity contribution is 0.542. The van der Waals surface area contributed by atoms with Gasteiger partial charge in [0.25, 0.3) is 0 Å². The molecule has 0 amide bonds. The summed E-state index contributed by atoms with van der Waals surface area (Å²) in [6.45, 7) is 4.23. The summed E-state index contributed by atoms with van der Waals surface area (Å²) < 4.78 is 0. The van der Waals surface area contributed by atoms with Gasteiger partial charge >= 0.3 is 0 Å². The number of halogens is 1. The number of alkyl halides is 1. The van der Waals surface area contributed by atoms with E-state index in [1.54, 1.807) is 18.5 Å². The van der Waals surface area contributed by atoms with Crippen LogP contribution in [0.15, 0.2) is 18.5 Å². The summed E-state index contributed by atoms with van der Waals surface area (Å²) in [6.07, 6.45) is 4.47. The van der Waals surface area contributed by atoms with Crippen LogP contribution < -0.4 is 5.73 Å². The Balaban J connectivity index is 2.88. The molecule has 0 spiro atoms. The zero-order valence-electron chi connectivity index (χ0n) is 8.00. The van der Waals surface area contributed by atoms with E-state index in [0.717, 1.165) is 17.7 Å². The zero-order valence-corrected chi connectivity index (χ0v) is 8.75. The van der Waals surface area contributed by atoms with Gasteiger partial charge in [-0.15, -0.1) is 11.6 Å². The van der Waals surface area contributed by atoms with E-state index in [2.05, 4.69) is 18.8 Å². The highest BCUT2D eigenvalue weighted by atomic mass is 35.5. The third kappa shape index (κ3) is 2.34. The molecule has 1 rings (SSSR count). The van der Waals surface area contributed by atoms with Crippen molar-refractivity contribution in [2.75, 3.05) is 5.73 Å². The standard InChI is InChI=1S/C10H15ClN2/c1-3-7(2)10(11)8-6-13-5-4-9(8)12/h4-7,10H,3H2,1-2H3,(H2,12,13). The molecule has 1 heterocycles. The first-order valence-electron chi connectivity index (χ1n) is 4.50. The molecule has 0 aliphatic heterocycles. The van der Waals surface area contributed by atoms with E-state index in [0.29, 0.717) is 5.92 Å². The quantitative estimate of drug-likeness (QED) is 0.759. The number of hydrogen-bond acceptors (Lipinski definition) is 2. The van der Waals surface area contributed by atoms with Crippen LogP contribution in [0, 0.1) is 5.92 Å². The minimum Gasteiger partial charge on any atom is -0.398 e. The maximum Gasteiger partial charge on any atom is 0.0646 e. The summed E-state index contributed by atoms with van der Waals surface area (Å²) in [5, 5.41) is -0.0290. The molecular formula is C10H15ClN2. The van der Waals surface area contributed by atoms with Crippen LogP contribution in [-0.4, -0.2) is 4.98 Å². The molecule has 0 saturated carbocycles. The van der Waals surface area contributed by atoms with Crippen LogP contribution >= 0.6 is 11.6 Å². The van der Waals surface area contributed by atoms with Gasteiger partial charge in [-0.1, -0.05) is 20.3 Å². The van der Waals surface area contributed by atoms with Crippen LogP contribution in [0.5, 0.6) is 0 Å². The smallest absolute Gasteiger partial charge is 0.0646 e. The molecule has 2 nitrogen and oxygen atoms in total. The van der Waals surface area contributed by atoms with Gasteiger partial charge in [0.05, 0.1) is 5.38 Å². The molecule has 72 valence electrons. The van der Waals surface area contributed by atoms with Crippen LogP contribution in [0.3, 0.4) is 0 Å². The third-order valence-electron chi connectivity index (χ3n) is 2.33. The summed E-state index contributed by atoms with van der Waals surface area (Å²) in [7, 11) is 0. The van der Waals surface area contributed by atoms with Gasteiger partial charge in [-0.2, -0.15) is 0 Å². The Morgan fingerprint density at radius 1 is 1.62 bits per heavy atom. The first-order valence-corrected chi connectivity index (χ1v) is 4.94. The Labute approximate surface area is 84.1 Å². The monoisotopic (exact) mass is 198 g/mol. The second-order valence-corrected chi connectivity index (χ2v) is 3.76. The van der Waals surface area contributed by atoms with Gasteiger partial charge in [0, 0.05) is 23.6 Å². The van der Waals surface area contributed by atoms with Gasteiger partial charge in [-0.05, 0) is 12.0 Å². The van der Waals surface area contributed by atoms with Crippen molar-refractivity contribution in [3.05, 3.63) is 24.0 Å². The molecule has 0 bridgehead atoms. The van der Waals surface area contributed by atoms with Gasteiger partial charge in [0.15, 0.2) is 0 Å². The van der Waals surface area contributed by atoms with Crippen molar-refractivity contribution in [2.45, 2.75) is 25.6 Å². The lowest BCUT2D eigenvalue weighted by Gasteiger charge is -2.17. The SMILES string of the molecule is CCC(C)C(Cl)c1cnccc1N. The van der Waals surface area contributed by atoms with Gasteiger partial charge in [-0.25, -0.2) is 0 Å². The number of hydrogen-bond donors (Lipinski definition) is 1. The molecule has 0 aromatic carbocycles. The molecule has 0 aliphatic carbocycles. The van der Waals surface area contributed by atoms with Crippen molar-refractivity contribution in [3.63, 3.8) is 0 Å². The van der Waals surface area contributed by atoms with Crippen LogP contribution in [0.25, 0.3) is 0 Å². The molecule has 2 N–H and O–H groups in total. The molecule has 2 unspecified atom stereocenters. The van der Waals surface area contributed by atoms with E-state index in [4.69, 9.17) is 17.3 Å². The second-order valence-electron chi connectivity index (χ2n) is 3.29. The molecule has 1 aromatic heterocycles. The highest BCUT2D eigenvalue weighted by molar-refractivity contribution is 6.21. The highest BCUT2D eigenvalue weighted by Gasteiger charge is 2.17. The van der Waals surface area contributed by atoms with Crippen molar-refractivity contribution in [2.24, 2.45) is 5.92 Å². The average molecular weight is 199 g/mol. The predicted molar refractivity (Wildman–Crippen MR) is 56.7 cm³/mol. The highest BCUT2D eigenvalue weighted by Crippen LogP contribution is 2.33. The molecule has 0 aliphatic rings. The van der Waals surface area contributed by atoms with Gasteiger partial charge in [0.2, 0.25) is 0 Å². The van der Waals surface area contributed by atoms with Crippen LogP contribution in [0.1, 0.15) is 31.2 Å². The molecule has 2 atom stereocenters. The number of nitrogen functional groups attached to an aromatic ring is 1. The van der Waals surface area contributed by atoms with Crippen molar-refractivity contribution < 1.29 is 0 Å². The molecule has 3 heteroatoms. The fourth-order valence-corrected chi connectivity index (χ4v) is 1.52. The predicted octanol–water partition coefficient (Wildman–Crippen LogP) is 2.99. The summed E-state index contributed by atoms with van der Waals surface area (Å²) in [4.78, 5) is 4.02. The minimum atomic E-state index is -0.0290. The van der Waals surface area contributed by atoms with Crippen molar-refractivity contribution in [1.82, 2.24) is 4.98 Å². The van der Waals surface area contributed by atoms with Crippen LogP contribution in [0.4, 0.5) is 5.69 Å². The fourth-order valence-electron chi connectivity index (χ4n) is 1.16. The van der Waals surface area contributed by atoms with Gasteiger partial charge < -0.3 is 5.73 Å². The number of aromatic nitrogens is 1. The van der Waals surface area contributed by atoms with Crippen molar-refractivity contribution in [3.8, 4) is 0 Å². The third-order valence-corrected chi connectivity index (χ3v) is 2.99. The maximum atomic E-state index is 6.24. The van der Waals surface area contributed by atoms with Crippen LogP contribution in [0.2, 0.25) is 0 Å². The lowest BCUT2D eigenvalue weighted by atomic mass is 9.98.